The summed E-state index contributed by atoms with van der Waals surface area (Å²) in [7, 11) is 0. The molecule has 0 N–H and O–H groups in total. The lowest BCUT2D eigenvalue weighted by Gasteiger charge is -2.06. The van der Waals surface area contributed by atoms with Crippen molar-refractivity contribution in [2.24, 2.45) is 0 Å². The van der Waals surface area contributed by atoms with E-state index in [0.29, 0.717) is 0 Å². The maximum atomic E-state index is 6.45. The van der Waals surface area contributed by atoms with E-state index in [1.807, 2.05) is 11.3 Å². The second-order valence-corrected chi connectivity index (χ2v) is 11.8. The molecule has 0 aliphatic rings. The molecule has 1 nitrogen and oxygen atoms in total. The Hall–Kier alpha value is -4.66. The van der Waals surface area contributed by atoms with Gasteiger partial charge in [-0.2, -0.15) is 0 Å². The largest absolute Gasteiger partial charge is 0.455 e. The van der Waals surface area contributed by atoms with Crippen molar-refractivity contribution in [2.75, 3.05) is 0 Å². The van der Waals surface area contributed by atoms with Crippen LogP contribution in [0.3, 0.4) is 0 Å². The van der Waals surface area contributed by atoms with Gasteiger partial charge in [-0.15, -0.1) is 11.3 Å². The van der Waals surface area contributed by atoms with Crippen molar-refractivity contribution in [3.05, 3.63) is 132 Å². The maximum Gasteiger partial charge on any atom is 0.143 e. The van der Waals surface area contributed by atoms with Crippen LogP contribution in [0, 0.1) is 13.8 Å². The normalized spacial score (nSPS) is 11.8. The summed E-state index contributed by atoms with van der Waals surface area (Å²) in [5.41, 5.74) is 11.6. The van der Waals surface area contributed by atoms with Crippen molar-refractivity contribution in [3.8, 4) is 33.4 Å². The maximum absolute atomic E-state index is 6.45. The van der Waals surface area contributed by atoms with E-state index >= 15 is 0 Å². The molecule has 0 amide bonds. The van der Waals surface area contributed by atoms with Gasteiger partial charge in [-0.3, -0.25) is 0 Å². The molecular formula is C38H26OS. The molecular weight excluding hydrogens is 504 g/mol. The Morgan fingerprint density at radius 1 is 0.450 bits per heavy atom. The third-order valence-corrected chi connectivity index (χ3v) is 9.19. The number of fused-ring (bicyclic) bond motifs is 6. The Morgan fingerprint density at radius 2 is 1.02 bits per heavy atom. The van der Waals surface area contributed by atoms with Crippen molar-refractivity contribution < 1.29 is 4.42 Å². The van der Waals surface area contributed by atoms with Crippen molar-refractivity contribution in [1.82, 2.24) is 0 Å². The van der Waals surface area contributed by atoms with Gasteiger partial charge in [-0.05, 0) is 78.1 Å². The van der Waals surface area contributed by atoms with E-state index in [1.165, 1.54) is 53.6 Å². The van der Waals surface area contributed by atoms with E-state index in [1.54, 1.807) is 0 Å². The van der Waals surface area contributed by atoms with Gasteiger partial charge in [0.2, 0.25) is 0 Å². The topological polar surface area (TPSA) is 13.1 Å². The average molecular weight is 531 g/mol. The molecule has 0 saturated heterocycles. The molecule has 2 heteroatoms. The summed E-state index contributed by atoms with van der Waals surface area (Å²) in [5, 5.41) is 4.98. The minimum absolute atomic E-state index is 0.918. The lowest BCUT2D eigenvalue weighted by molar-refractivity contribution is 0.670. The average Bonchev–Trinajstić information content (AvgIpc) is 3.55. The fourth-order valence-corrected chi connectivity index (χ4v) is 6.93. The van der Waals surface area contributed by atoms with E-state index in [4.69, 9.17) is 4.42 Å². The number of hydrogen-bond acceptors (Lipinski definition) is 2. The first kappa shape index (κ1) is 23.2. The van der Waals surface area contributed by atoms with Gasteiger partial charge in [0, 0.05) is 36.5 Å². The predicted octanol–water partition coefficient (Wildman–Crippen LogP) is 11.6. The molecule has 190 valence electrons. The van der Waals surface area contributed by atoms with E-state index in [9.17, 15) is 0 Å². The fraction of sp³-hybridized carbons (Fsp3) is 0.0526. The minimum atomic E-state index is 0.918. The molecule has 0 bridgehead atoms. The lowest BCUT2D eigenvalue weighted by Crippen LogP contribution is -1.82. The van der Waals surface area contributed by atoms with Crippen molar-refractivity contribution in [3.63, 3.8) is 0 Å². The van der Waals surface area contributed by atoms with Gasteiger partial charge in [0.25, 0.3) is 0 Å². The molecule has 8 rings (SSSR count). The highest BCUT2D eigenvalue weighted by Crippen LogP contribution is 2.39. The summed E-state index contributed by atoms with van der Waals surface area (Å²) in [6, 6.07) is 44.1. The van der Waals surface area contributed by atoms with Crippen LogP contribution in [0.25, 0.3) is 75.5 Å². The van der Waals surface area contributed by atoms with Crippen LogP contribution < -0.4 is 0 Å². The molecule has 0 radical (unpaired) electrons. The molecule has 2 aromatic heterocycles. The minimum Gasteiger partial charge on any atom is -0.455 e. The SMILES string of the molecule is Cc1ccc(-c2ccc3oc4c(-c5ccc(-c6ccc7sc8ccc(C)cc8c7c6)cc5)cccc4c3c2)cc1. The summed E-state index contributed by atoms with van der Waals surface area (Å²) in [6.45, 7) is 4.28. The zero-order valence-electron chi connectivity index (χ0n) is 22.4. The first-order chi connectivity index (χ1) is 19.6. The van der Waals surface area contributed by atoms with Gasteiger partial charge in [-0.25, -0.2) is 0 Å². The first-order valence-electron chi connectivity index (χ1n) is 13.7. The van der Waals surface area contributed by atoms with Crippen LogP contribution in [0.2, 0.25) is 0 Å². The Kier molecular flexibility index (Phi) is 5.20. The van der Waals surface area contributed by atoms with E-state index in [0.717, 1.165) is 33.1 Å². The highest BCUT2D eigenvalue weighted by Gasteiger charge is 2.14. The number of hydrogen-bond donors (Lipinski definition) is 0. The van der Waals surface area contributed by atoms with Crippen LogP contribution in [0.4, 0.5) is 0 Å². The highest BCUT2D eigenvalue weighted by molar-refractivity contribution is 7.25. The van der Waals surface area contributed by atoms with E-state index < -0.39 is 0 Å². The Labute approximate surface area is 236 Å². The second-order valence-electron chi connectivity index (χ2n) is 10.8. The van der Waals surface area contributed by atoms with Gasteiger partial charge in [0.15, 0.2) is 0 Å². The second kappa shape index (κ2) is 8.94. The molecule has 0 aliphatic heterocycles. The first-order valence-corrected chi connectivity index (χ1v) is 14.5. The van der Waals surface area contributed by atoms with Gasteiger partial charge < -0.3 is 4.42 Å². The van der Waals surface area contributed by atoms with Crippen LogP contribution in [-0.4, -0.2) is 0 Å². The summed E-state index contributed by atoms with van der Waals surface area (Å²) < 4.78 is 9.14. The van der Waals surface area contributed by atoms with Gasteiger partial charge in [0.05, 0.1) is 0 Å². The number of para-hydroxylation sites is 1. The zero-order valence-corrected chi connectivity index (χ0v) is 23.2. The predicted molar refractivity (Wildman–Crippen MR) is 172 cm³/mol. The number of furan rings is 1. The molecule has 2 heterocycles. The smallest absolute Gasteiger partial charge is 0.143 e. The molecule has 0 fully saturated rings. The summed E-state index contributed by atoms with van der Waals surface area (Å²) in [6.07, 6.45) is 0. The standard InChI is InChI=1S/C38H26OS/c1-23-6-9-25(10-7-23)28-15-17-35-32(21-28)31-5-3-4-30(38(31)39-35)27-13-11-26(12-14-27)29-16-19-37-34(22-29)33-20-24(2)8-18-36(33)40-37/h3-22H,1-2H3. The summed E-state index contributed by atoms with van der Waals surface area (Å²) in [5.74, 6) is 0. The van der Waals surface area contributed by atoms with Crippen LogP contribution in [0.15, 0.2) is 126 Å². The quantitative estimate of drug-likeness (QED) is 0.221. The van der Waals surface area contributed by atoms with Gasteiger partial charge in [-0.1, -0.05) is 96.1 Å². The Balaban J connectivity index is 1.19. The van der Waals surface area contributed by atoms with Crippen LogP contribution >= 0.6 is 11.3 Å². The molecule has 0 atom stereocenters. The molecule has 8 aromatic rings. The van der Waals surface area contributed by atoms with E-state index in [-0.39, 0.29) is 0 Å². The Bertz CT molecular complexity index is 2210. The summed E-state index contributed by atoms with van der Waals surface area (Å²) in [4.78, 5) is 0. The third kappa shape index (κ3) is 3.76. The van der Waals surface area contributed by atoms with Crippen LogP contribution in [0.5, 0.6) is 0 Å². The molecule has 0 aliphatic carbocycles. The van der Waals surface area contributed by atoms with Crippen LogP contribution in [-0.2, 0) is 0 Å². The van der Waals surface area contributed by atoms with Crippen molar-refractivity contribution >= 4 is 53.4 Å². The van der Waals surface area contributed by atoms with Gasteiger partial charge in [0.1, 0.15) is 11.2 Å². The van der Waals surface area contributed by atoms with Gasteiger partial charge >= 0.3 is 0 Å². The summed E-state index contributed by atoms with van der Waals surface area (Å²) >= 11 is 1.87. The molecule has 6 aromatic carbocycles. The molecule has 0 unspecified atom stereocenters. The monoisotopic (exact) mass is 530 g/mol. The zero-order chi connectivity index (χ0) is 26.8. The Morgan fingerprint density at radius 3 is 1.80 bits per heavy atom. The molecule has 40 heavy (non-hydrogen) atoms. The fourth-order valence-electron chi connectivity index (χ4n) is 5.86. The lowest BCUT2D eigenvalue weighted by atomic mass is 9.97. The molecule has 0 spiro atoms. The van der Waals surface area contributed by atoms with Crippen molar-refractivity contribution in [2.45, 2.75) is 13.8 Å². The van der Waals surface area contributed by atoms with E-state index in [2.05, 4.69) is 135 Å². The number of thiophene rings is 1. The number of aryl methyl sites for hydroxylation is 2. The van der Waals surface area contributed by atoms with Crippen LogP contribution in [0.1, 0.15) is 11.1 Å². The third-order valence-electron chi connectivity index (χ3n) is 8.04. The number of benzene rings is 6. The molecule has 0 saturated carbocycles. The number of rotatable bonds is 3. The highest BCUT2D eigenvalue weighted by atomic mass is 32.1. The van der Waals surface area contributed by atoms with Crippen molar-refractivity contribution in [1.29, 1.82) is 0 Å².